The van der Waals surface area contributed by atoms with Crippen LogP contribution in [0.3, 0.4) is 0 Å². The minimum atomic E-state index is -0.316. The Bertz CT molecular complexity index is 389. The van der Waals surface area contributed by atoms with Crippen LogP contribution in [-0.2, 0) is 0 Å². The molecule has 0 radical (unpaired) electrons. The minimum absolute atomic E-state index is 0.316. The zero-order valence-electron chi connectivity index (χ0n) is 9.81. The Morgan fingerprint density at radius 3 is 2.76 bits per heavy atom. The summed E-state index contributed by atoms with van der Waals surface area (Å²) in [6, 6.07) is 3.06. The molecular formula is C13H18BrFN2. The van der Waals surface area contributed by atoms with Crippen LogP contribution in [0.5, 0.6) is 0 Å². The fourth-order valence-electron chi connectivity index (χ4n) is 2.43. The summed E-state index contributed by atoms with van der Waals surface area (Å²) < 4.78 is 13.6. The lowest BCUT2D eigenvalue weighted by Gasteiger charge is -2.13. The molecule has 0 heterocycles. The normalized spacial score (nSPS) is 16.4. The Morgan fingerprint density at radius 2 is 2.06 bits per heavy atom. The molecule has 0 atom stereocenters. The van der Waals surface area contributed by atoms with Gasteiger partial charge < -0.3 is 11.1 Å². The van der Waals surface area contributed by atoms with Crippen LogP contribution >= 0.6 is 15.9 Å². The number of benzene rings is 1. The van der Waals surface area contributed by atoms with Gasteiger partial charge in [0.1, 0.15) is 5.82 Å². The molecule has 94 valence electrons. The van der Waals surface area contributed by atoms with Crippen molar-refractivity contribution in [2.45, 2.75) is 32.1 Å². The number of halogens is 2. The first-order valence-electron chi connectivity index (χ1n) is 6.15. The second-order valence-electron chi connectivity index (χ2n) is 4.72. The molecule has 1 aliphatic carbocycles. The van der Waals surface area contributed by atoms with E-state index in [1.54, 1.807) is 6.07 Å². The molecule has 0 unspecified atom stereocenters. The highest BCUT2D eigenvalue weighted by Gasteiger charge is 2.14. The van der Waals surface area contributed by atoms with E-state index in [1.807, 2.05) is 0 Å². The van der Waals surface area contributed by atoms with E-state index < -0.39 is 0 Å². The Hall–Kier alpha value is -0.770. The molecule has 2 nitrogen and oxygen atoms in total. The van der Waals surface area contributed by atoms with Crippen molar-refractivity contribution in [3.8, 4) is 0 Å². The Kier molecular flexibility index (Phi) is 4.26. The molecule has 1 aromatic carbocycles. The zero-order valence-corrected chi connectivity index (χ0v) is 11.4. The molecule has 2 rings (SSSR count). The van der Waals surface area contributed by atoms with E-state index in [1.165, 1.54) is 38.2 Å². The summed E-state index contributed by atoms with van der Waals surface area (Å²) in [7, 11) is 0. The number of hydrogen-bond acceptors (Lipinski definition) is 2. The van der Waals surface area contributed by atoms with Crippen LogP contribution < -0.4 is 11.1 Å². The first kappa shape index (κ1) is 12.7. The molecule has 0 aromatic heterocycles. The topological polar surface area (TPSA) is 38.0 Å². The summed E-state index contributed by atoms with van der Waals surface area (Å²) >= 11 is 3.17. The molecule has 1 fully saturated rings. The third-order valence-corrected chi connectivity index (χ3v) is 4.04. The predicted octanol–water partition coefficient (Wildman–Crippen LogP) is 4.16. The van der Waals surface area contributed by atoms with Crippen molar-refractivity contribution in [1.82, 2.24) is 0 Å². The van der Waals surface area contributed by atoms with Gasteiger partial charge in [0.25, 0.3) is 0 Å². The summed E-state index contributed by atoms with van der Waals surface area (Å²) in [6.45, 7) is 0.910. The maximum absolute atomic E-state index is 13.2. The van der Waals surface area contributed by atoms with Gasteiger partial charge in [-0.15, -0.1) is 0 Å². The molecule has 0 saturated heterocycles. The van der Waals surface area contributed by atoms with E-state index in [-0.39, 0.29) is 5.82 Å². The van der Waals surface area contributed by atoms with Crippen LogP contribution in [0.25, 0.3) is 0 Å². The minimum Gasteiger partial charge on any atom is -0.397 e. The van der Waals surface area contributed by atoms with Gasteiger partial charge in [-0.3, -0.25) is 0 Å². The van der Waals surface area contributed by atoms with Crippen LogP contribution in [0.15, 0.2) is 16.6 Å². The number of hydrogen-bond donors (Lipinski definition) is 2. The number of nitrogen functional groups attached to an aromatic ring is 1. The van der Waals surface area contributed by atoms with Crippen molar-refractivity contribution in [3.05, 3.63) is 22.4 Å². The number of nitrogens with two attached hydrogens (primary N) is 1. The maximum atomic E-state index is 13.2. The van der Waals surface area contributed by atoms with E-state index in [4.69, 9.17) is 5.73 Å². The summed E-state index contributed by atoms with van der Waals surface area (Å²) in [5.41, 5.74) is 7.05. The highest BCUT2D eigenvalue weighted by molar-refractivity contribution is 9.10. The van der Waals surface area contributed by atoms with Gasteiger partial charge in [0.05, 0.1) is 15.8 Å². The van der Waals surface area contributed by atoms with E-state index in [2.05, 4.69) is 21.2 Å². The molecule has 0 spiro atoms. The largest absolute Gasteiger partial charge is 0.397 e. The van der Waals surface area contributed by atoms with Gasteiger partial charge in [0.2, 0.25) is 0 Å². The molecule has 1 saturated carbocycles. The van der Waals surface area contributed by atoms with Gasteiger partial charge in [0.15, 0.2) is 0 Å². The average Bonchev–Trinajstić information content (AvgIpc) is 2.78. The molecule has 1 aromatic rings. The second-order valence-corrected chi connectivity index (χ2v) is 5.57. The zero-order chi connectivity index (χ0) is 12.3. The lowest BCUT2D eigenvalue weighted by atomic mass is 10.0. The van der Waals surface area contributed by atoms with Crippen molar-refractivity contribution in [2.24, 2.45) is 5.92 Å². The first-order chi connectivity index (χ1) is 8.16. The van der Waals surface area contributed by atoms with Gasteiger partial charge in [0, 0.05) is 12.6 Å². The smallest absolute Gasteiger partial charge is 0.139 e. The van der Waals surface area contributed by atoms with Crippen LogP contribution in [0.2, 0.25) is 0 Å². The fraction of sp³-hybridized carbons (Fsp3) is 0.538. The van der Waals surface area contributed by atoms with Crippen molar-refractivity contribution >= 4 is 27.3 Å². The number of nitrogens with one attached hydrogen (secondary N) is 1. The van der Waals surface area contributed by atoms with Gasteiger partial charge in [-0.25, -0.2) is 4.39 Å². The second kappa shape index (κ2) is 5.71. The lowest BCUT2D eigenvalue weighted by molar-refractivity contribution is 0.518. The third kappa shape index (κ3) is 3.35. The van der Waals surface area contributed by atoms with E-state index in [0.29, 0.717) is 10.2 Å². The summed E-state index contributed by atoms with van der Waals surface area (Å²) in [5.74, 6) is 0.538. The SMILES string of the molecule is Nc1cc(F)c(Br)cc1NCCC1CCCC1. The first-order valence-corrected chi connectivity index (χ1v) is 6.94. The summed E-state index contributed by atoms with van der Waals surface area (Å²) in [6.07, 6.45) is 6.62. The van der Waals surface area contributed by atoms with Gasteiger partial charge in [-0.2, -0.15) is 0 Å². The molecule has 4 heteroatoms. The molecule has 0 aliphatic heterocycles. The van der Waals surface area contributed by atoms with Crippen LogP contribution in [0.1, 0.15) is 32.1 Å². The predicted molar refractivity (Wildman–Crippen MR) is 73.6 cm³/mol. The van der Waals surface area contributed by atoms with E-state index in [9.17, 15) is 4.39 Å². The van der Waals surface area contributed by atoms with Crippen molar-refractivity contribution in [2.75, 3.05) is 17.6 Å². The van der Waals surface area contributed by atoms with Crippen molar-refractivity contribution < 1.29 is 4.39 Å². The molecule has 0 amide bonds. The summed E-state index contributed by atoms with van der Waals surface area (Å²) in [5, 5.41) is 3.29. The highest BCUT2D eigenvalue weighted by Crippen LogP contribution is 2.29. The molecule has 0 bridgehead atoms. The third-order valence-electron chi connectivity index (χ3n) is 3.44. The quantitative estimate of drug-likeness (QED) is 0.819. The molecular weight excluding hydrogens is 283 g/mol. The van der Waals surface area contributed by atoms with Crippen LogP contribution in [0.4, 0.5) is 15.8 Å². The Labute approximate surface area is 110 Å². The molecule has 17 heavy (non-hydrogen) atoms. The Balaban J connectivity index is 1.87. The van der Waals surface area contributed by atoms with Crippen molar-refractivity contribution in [1.29, 1.82) is 0 Å². The van der Waals surface area contributed by atoms with Gasteiger partial charge in [-0.1, -0.05) is 25.7 Å². The Morgan fingerprint density at radius 1 is 1.35 bits per heavy atom. The fourth-order valence-corrected chi connectivity index (χ4v) is 2.77. The maximum Gasteiger partial charge on any atom is 0.139 e. The van der Waals surface area contributed by atoms with Crippen LogP contribution in [0, 0.1) is 11.7 Å². The monoisotopic (exact) mass is 300 g/mol. The molecule has 1 aliphatic rings. The lowest BCUT2D eigenvalue weighted by Crippen LogP contribution is -2.08. The average molecular weight is 301 g/mol. The van der Waals surface area contributed by atoms with Gasteiger partial charge in [-0.05, 0) is 34.3 Å². The van der Waals surface area contributed by atoms with Crippen LogP contribution in [-0.4, -0.2) is 6.54 Å². The van der Waals surface area contributed by atoms with E-state index >= 15 is 0 Å². The van der Waals surface area contributed by atoms with Gasteiger partial charge >= 0.3 is 0 Å². The number of anilines is 2. The van der Waals surface area contributed by atoms with Crippen molar-refractivity contribution in [3.63, 3.8) is 0 Å². The van der Waals surface area contributed by atoms with E-state index in [0.717, 1.165) is 18.2 Å². The highest BCUT2D eigenvalue weighted by atomic mass is 79.9. The summed E-state index contributed by atoms with van der Waals surface area (Å²) in [4.78, 5) is 0. The number of rotatable bonds is 4. The standard InChI is InChI=1S/C13H18BrFN2/c14-10-7-13(12(16)8-11(10)15)17-6-5-9-3-1-2-4-9/h7-9,17H,1-6,16H2. The molecule has 3 N–H and O–H groups in total.